The van der Waals surface area contributed by atoms with Gasteiger partial charge in [-0.1, -0.05) is 6.42 Å². The Morgan fingerprint density at radius 1 is 1.10 bits per heavy atom. The molecule has 0 saturated carbocycles. The number of carbonyl (C=O) groups excluding carboxylic acids is 1. The number of carbonyl (C=O) groups is 1. The van der Waals surface area contributed by atoms with Gasteiger partial charge >= 0.3 is 5.97 Å². The summed E-state index contributed by atoms with van der Waals surface area (Å²) in [4.78, 5) is 16.3. The number of esters is 1. The van der Waals surface area contributed by atoms with Crippen molar-refractivity contribution in [3.63, 3.8) is 0 Å². The van der Waals surface area contributed by atoms with Crippen molar-refractivity contribution < 1.29 is 14.6 Å². The van der Waals surface area contributed by atoms with Gasteiger partial charge in [0.25, 0.3) is 0 Å². The van der Waals surface area contributed by atoms with Gasteiger partial charge in [-0.2, -0.15) is 0 Å². The molecule has 2 heterocycles. The molecule has 1 N–H and O–H groups in total. The van der Waals surface area contributed by atoms with Gasteiger partial charge in [0.2, 0.25) is 0 Å². The maximum absolute atomic E-state index is 11.3. The van der Waals surface area contributed by atoms with Crippen molar-refractivity contribution in [3.8, 4) is 0 Å². The van der Waals surface area contributed by atoms with Crippen LogP contribution < -0.4 is 0 Å². The van der Waals surface area contributed by atoms with Crippen LogP contribution in [0.1, 0.15) is 32.1 Å². The van der Waals surface area contributed by atoms with Gasteiger partial charge in [-0.15, -0.1) is 0 Å². The predicted molar refractivity (Wildman–Crippen MR) is 77.5 cm³/mol. The Balaban J connectivity index is 1.65. The fraction of sp³-hybridized carbons (Fsp3) is 0.933. The molecular weight excluding hydrogens is 256 g/mol. The van der Waals surface area contributed by atoms with E-state index in [2.05, 4.69) is 14.5 Å². The van der Waals surface area contributed by atoms with Crippen molar-refractivity contribution in [3.05, 3.63) is 0 Å². The quantitative estimate of drug-likeness (QED) is 0.754. The molecule has 2 saturated heterocycles. The molecule has 0 amide bonds. The van der Waals surface area contributed by atoms with E-state index < -0.39 is 12.1 Å². The number of methoxy groups -OCH3 is 1. The number of hydrogen-bond donors (Lipinski definition) is 1. The highest BCUT2D eigenvalue weighted by Gasteiger charge is 2.30. The van der Waals surface area contributed by atoms with Crippen LogP contribution in [0.25, 0.3) is 0 Å². The van der Waals surface area contributed by atoms with Gasteiger partial charge < -0.3 is 19.6 Å². The summed E-state index contributed by atoms with van der Waals surface area (Å²) in [6.07, 6.45) is 4.89. The molecule has 20 heavy (non-hydrogen) atoms. The van der Waals surface area contributed by atoms with Crippen LogP contribution >= 0.6 is 0 Å². The number of aliphatic hydroxyl groups is 1. The molecule has 5 nitrogen and oxygen atoms in total. The maximum atomic E-state index is 11.3. The van der Waals surface area contributed by atoms with E-state index >= 15 is 0 Å². The molecule has 0 aromatic rings. The molecule has 0 aromatic carbocycles. The zero-order valence-corrected chi connectivity index (χ0v) is 12.6. The third-order valence-electron chi connectivity index (χ3n) is 4.70. The van der Waals surface area contributed by atoms with Gasteiger partial charge in [-0.05, 0) is 57.8 Å². The van der Waals surface area contributed by atoms with Crippen LogP contribution in [-0.4, -0.2) is 73.4 Å². The molecule has 0 aliphatic carbocycles. The first kappa shape index (κ1) is 15.7. The van der Waals surface area contributed by atoms with Crippen molar-refractivity contribution >= 4 is 5.97 Å². The third kappa shape index (κ3) is 4.43. The minimum absolute atomic E-state index is 0.0636. The van der Waals surface area contributed by atoms with Crippen LogP contribution in [0.15, 0.2) is 0 Å². The summed E-state index contributed by atoms with van der Waals surface area (Å²) in [5.74, 6) is -0.426. The van der Waals surface area contributed by atoms with Crippen LogP contribution in [-0.2, 0) is 9.53 Å². The second-order valence-corrected chi connectivity index (χ2v) is 6.05. The van der Waals surface area contributed by atoms with Gasteiger partial charge in [0.15, 0.2) is 6.10 Å². The number of rotatable bonds is 5. The fourth-order valence-electron chi connectivity index (χ4n) is 3.27. The molecule has 0 radical (unpaired) electrons. The van der Waals surface area contributed by atoms with Crippen LogP contribution in [0.4, 0.5) is 0 Å². The zero-order chi connectivity index (χ0) is 14.4. The van der Waals surface area contributed by atoms with Crippen LogP contribution in [0.5, 0.6) is 0 Å². The van der Waals surface area contributed by atoms with Crippen molar-refractivity contribution in [1.82, 2.24) is 9.80 Å². The number of ether oxygens (including phenoxy) is 1. The average Bonchev–Trinajstić information content (AvgIpc) is 2.53. The first-order valence-corrected chi connectivity index (χ1v) is 7.91. The van der Waals surface area contributed by atoms with Crippen molar-refractivity contribution in [2.24, 2.45) is 5.92 Å². The van der Waals surface area contributed by atoms with E-state index in [1.54, 1.807) is 0 Å². The van der Waals surface area contributed by atoms with Gasteiger partial charge in [-0.3, -0.25) is 0 Å². The normalized spacial score (nSPS) is 24.5. The minimum atomic E-state index is -0.941. The van der Waals surface area contributed by atoms with E-state index in [0.717, 1.165) is 39.0 Å². The molecule has 0 aromatic heterocycles. The highest BCUT2D eigenvalue weighted by molar-refractivity contribution is 5.74. The van der Waals surface area contributed by atoms with E-state index in [9.17, 15) is 9.90 Å². The Kier molecular flexibility index (Phi) is 6.26. The average molecular weight is 284 g/mol. The summed E-state index contributed by atoms with van der Waals surface area (Å²) in [6, 6.07) is 0. The molecule has 1 atom stereocenters. The lowest BCUT2D eigenvalue weighted by Crippen LogP contribution is -2.44. The Morgan fingerprint density at radius 3 is 2.20 bits per heavy atom. The van der Waals surface area contributed by atoms with E-state index in [1.807, 2.05) is 0 Å². The predicted octanol–water partition coefficient (Wildman–Crippen LogP) is 0.718. The van der Waals surface area contributed by atoms with Crippen LogP contribution in [0.2, 0.25) is 0 Å². The maximum Gasteiger partial charge on any atom is 0.334 e. The second kappa shape index (κ2) is 7.96. The summed E-state index contributed by atoms with van der Waals surface area (Å²) in [5.41, 5.74) is 0. The second-order valence-electron chi connectivity index (χ2n) is 6.05. The fourth-order valence-corrected chi connectivity index (χ4v) is 3.27. The molecule has 0 bridgehead atoms. The molecule has 0 unspecified atom stereocenters. The lowest BCUT2D eigenvalue weighted by atomic mass is 9.91. The third-order valence-corrected chi connectivity index (χ3v) is 4.70. The number of hydrogen-bond acceptors (Lipinski definition) is 5. The number of aliphatic hydroxyl groups excluding tert-OH is 1. The molecule has 2 fully saturated rings. The first-order chi connectivity index (χ1) is 9.70. The Labute approximate surface area is 121 Å². The summed E-state index contributed by atoms with van der Waals surface area (Å²) in [7, 11) is 1.33. The molecule has 116 valence electrons. The van der Waals surface area contributed by atoms with E-state index in [4.69, 9.17) is 0 Å². The van der Waals surface area contributed by atoms with Crippen molar-refractivity contribution in [2.45, 2.75) is 38.2 Å². The zero-order valence-electron chi connectivity index (χ0n) is 12.6. The van der Waals surface area contributed by atoms with E-state index in [0.29, 0.717) is 0 Å². The van der Waals surface area contributed by atoms with Gasteiger partial charge in [0, 0.05) is 13.1 Å². The van der Waals surface area contributed by atoms with Gasteiger partial charge in [0.1, 0.15) is 0 Å². The smallest absolute Gasteiger partial charge is 0.334 e. The van der Waals surface area contributed by atoms with Crippen molar-refractivity contribution in [2.75, 3.05) is 46.4 Å². The van der Waals surface area contributed by atoms with E-state index in [1.165, 1.54) is 39.5 Å². The largest absolute Gasteiger partial charge is 0.467 e. The van der Waals surface area contributed by atoms with Crippen LogP contribution in [0, 0.1) is 5.92 Å². The highest BCUT2D eigenvalue weighted by Crippen LogP contribution is 2.21. The Morgan fingerprint density at radius 2 is 1.65 bits per heavy atom. The summed E-state index contributed by atoms with van der Waals surface area (Å²) in [5, 5.41) is 9.86. The molecule has 2 rings (SSSR count). The van der Waals surface area contributed by atoms with Gasteiger partial charge in [0.05, 0.1) is 7.11 Å². The Hall–Kier alpha value is -0.650. The molecule has 2 aliphatic rings. The van der Waals surface area contributed by atoms with Gasteiger partial charge in [-0.25, -0.2) is 4.79 Å². The first-order valence-electron chi connectivity index (χ1n) is 7.91. The van der Waals surface area contributed by atoms with Crippen molar-refractivity contribution in [1.29, 1.82) is 0 Å². The lowest BCUT2D eigenvalue weighted by Gasteiger charge is -2.35. The highest BCUT2D eigenvalue weighted by atomic mass is 16.5. The minimum Gasteiger partial charge on any atom is -0.467 e. The summed E-state index contributed by atoms with van der Waals surface area (Å²) >= 11 is 0. The molecule has 0 spiro atoms. The SMILES string of the molecule is COC(=O)[C@H](O)C1CCN(CCN2CCCCC2)CC1. The number of nitrogens with zero attached hydrogens (tertiary/aromatic N) is 2. The number of likely N-dealkylation sites (tertiary alicyclic amines) is 2. The topological polar surface area (TPSA) is 53.0 Å². The van der Waals surface area contributed by atoms with E-state index in [-0.39, 0.29) is 5.92 Å². The lowest BCUT2D eigenvalue weighted by molar-refractivity contribution is -0.154. The van der Waals surface area contributed by atoms with Crippen LogP contribution in [0.3, 0.4) is 0 Å². The molecular formula is C15H28N2O3. The standard InChI is InChI=1S/C15H28N2O3/c1-20-15(19)14(18)13-5-9-17(10-6-13)12-11-16-7-3-2-4-8-16/h13-14,18H,2-12H2,1H3/t14-/m1/s1. The molecule has 2 aliphatic heterocycles. The monoisotopic (exact) mass is 284 g/mol. The molecule has 5 heteroatoms. The summed E-state index contributed by atoms with van der Waals surface area (Å²) in [6.45, 7) is 6.72. The summed E-state index contributed by atoms with van der Waals surface area (Å²) < 4.78 is 4.61. The Bertz CT molecular complexity index is 297. The number of piperidine rings is 2.